The summed E-state index contributed by atoms with van der Waals surface area (Å²) in [5, 5.41) is 19.7. The quantitative estimate of drug-likeness (QED) is 0.0953. The summed E-state index contributed by atoms with van der Waals surface area (Å²) in [7, 11) is 2.94. The van der Waals surface area contributed by atoms with E-state index in [0.717, 1.165) is 22.4 Å². The molecule has 0 fully saturated rings. The molecule has 0 saturated heterocycles. The van der Waals surface area contributed by atoms with Crippen LogP contribution in [0.25, 0.3) is 22.3 Å². The maximum atomic E-state index is 13.8. The topological polar surface area (TPSA) is 147 Å². The minimum absolute atomic E-state index is 0.00515. The number of carbonyl (C=O) groups excluding carboxylic acids is 1. The van der Waals surface area contributed by atoms with Crippen LogP contribution in [0.15, 0.2) is 82.7 Å². The smallest absolute Gasteiger partial charge is 0.315 e. The van der Waals surface area contributed by atoms with Gasteiger partial charge in [-0.05, 0) is 73.4 Å². The van der Waals surface area contributed by atoms with Crippen LogP contribution in [0.2, 0.25) is 0 Å². The summed E-state index contributed by atoms with van der Waals surface area (Å²) in [6.07, 6.45) is 1.31. The molecule has 5 aromatic rings. The Morgan fingerprint density at radius 2 is 1.73 bits per heavy atom. The normalized spacial score (nSPS) is 11.2. The summed E-state index contributed by atoms with van der Waals surface area (Å²) >= 11 is 0. The van der Waals surface area contributed by atoms with Crippen molar-refractivity contribution in [1.29, 1.82) is 0 Å². The van der Waals surface area contributed by atoms with Gasteiger partial charge in [0.15, 0.2) is 18.2 Å². The first-order chi connectivity index (χ1) is 23.0. The van der Waals surface area contributed by atoms with Crippen LogP contribution in [0.4, 0.5) is 11.4 Å². The number of nitrogens with one attached hydrogen (secondary N) is 1. The Labute approximate surface area is 276 Å². The SMILES string of the molecule is COc1cc(C)c(-c2nc3ccccc3c(=O)n2N=Cc2cc(OC)c(OCC(=O)Nc3ccc(C)cc3)c([N+](=O)[O-])c2)cc1C(C)C. The van der Waals surface area contributed by atoms with Gasteiger partial charge >= 0.3 is 5.69 Å². The van der Waals surface area contributed by atoms with Gasteiger partial charge in [-0.15, -0.1) is 0 Å². The first-order valence-corrected chi connectivity index (χ1v) is 15.1. The van der Waals surface area contributed by atoms with Gasteiger partial charge in [-0.1, -0.05) is 43.7 Å². The van der Waals surface area contributed by atoms with Gasteiger partial charge in [-0.25, -0.2) is 4.98 Å². The number of hydrogen-bond donors (Lipinski definition) is 1. The largest absolute Gasteiger partial charge is 0.496 e. The van der Waals surface area contributed by atoms with Gasteiger partial charge in [-0.2, -0.15) is 9.78 Å². The molecule has 0 radical (unpaired) electrons. The number of nitro benzene ring substituents is 1. The number of hydrogen-bond acceptors (Lipinski definition) is 9. The maximum absolute atomic E-state index is 13.8. The van der Waals surface area contributed by atoms with Gasteiger partial charge in [0.05, 0.1) is 36.3 Å². The summed E-state index contributed by atoms with van der Waals surface area (Å²) < 4.78 is 17.8. The van der Waals surface area contributed by atoms with Crippen molar-refractivity contribution in [3.8, 4) is 28.6 Å². The molecule has 1 aromatic heterocycles. The van der Waals surface area contributed by atoms with E-state index in [9.17, 15) is 19.7 Å². The Balaban J connectivity index is 1.55. The van der Waals surface area contributed by atoms with Gasteiger partial charge in [0.2, 0.25) is 5.75 Å². The van der Waals surface area contributed by atoms with Crippen molar-refractivity contribution in [3.05, 3.63) is 116 Å². The highest BCUT2D eigenvalue weighted by molar-refractivity contribution is 5.92. The summed E-state index contributed by atoms with van der Waals surface area (Å²) in [5.41, 5.74) is 3.88. The zero-order valence-electron chi connectivity index (χ0n) is 27.4. The second kappa shape index (κ2) is 14.2. The zero-order chi connectivity index (χ0) is 34.5. The van der Waals surface area contributed by atoms with Crippen molar-refractivity contribution in [2.24, 2.45) is 5.10 Å². The lowest BCUT2D eigenvalue weighted by molar-refractivity contribution is -0.385. The second-order valence-corrected chi connectivity index (χ2v) is 11.4. The van der Waals surface area contributed by atoms with Crippen LogP contribution in [0.3, 0.4) is 0 Å². The molecule has 0 spiro atoms. The molecule has 12 heteroatoms. The highest BCUT2D eigenvalue weighted by atomic mass is 16.6. The second-order valence-electron chi connectivity index (χ2n) is 11.4. The van der Waals surface area contributed by atoms with Crippen molar-refractivity contribution in [2.45, 2.75) is 33.6 Å². The Morgan fingerprint density at radius 1 is 1.02 bits per heavy atom. The number of rotatable bonds is 11. The van der Waals surface area contributed by atoms with E-state index in [0.29, 0.717) is 22.2 Å². The molecule has 12 nitrogen and oxygen atoms in total. The fraction of sp³-hybridized carbons (Fsp3) is 0.222. The number of nitrogens with zero attached hydrogens (tertiary/aromatic N) is 4. The number of carbonyl (C=O) groups is 1. The minimum Gasteiger partial charge on any atom is -0.496 e. The van der Waals surface area contributed by atoms with Gasteiger partial charge < -0.3 is 19.5 Å². The van der Waals surface area contributed by atoms with Crippen molar-refractivity contribution < 1.29 is 23.9 Å². The Morgan fingerprint density at radius 3 is 2.40 bits per heavy atom. The molecule has 0 unspecified atom stereocenters. The van der Waals surface area contributed by atoms with E-state index in [1.165, 1.54) is 30.1 Å². The molecule has 0 bridgehead atoms. The minimum atomic E-state index is -0.642. The average Bonchev–Trinajstić information content (AvgIpc) is 3.07. The lowest BCUT2D eigenvalue weighted by Gasteiger charge is -2.17. The van der Waals surface area contributed by atoms with Gasteiger partial charge in [0.1, 0.15) is 5.75 Å². The van der Waals surface area contributed by atoms with Crippen LogP contribution < -0.4 is 25.1 Å². The molecule has 0 aliphatic rings. The van der Waals surface area contributed by atoms with Crippen molar-refractivity contribution in [3.63, 3.8) is 0 Å². The molecule has 1 amide bonds. The molecule has 4 aromatic carbocycles. The Hall–Kier alpha value is -6.04. The number of aromatic nitrogens is 2. The van der Waals surface area contributed by atoms with E-state index in [-0.39, 0.29) is 28.8 Å². The first kappa shape index (κ1) is 33.3. The lowest BCUT2D eigenvalue weighted by atomic mass is 9.96. The number of methoxy groups -OCH3 is 2. The number of nitro groups is 1. The van der Waals surface area contributed by atoms with Crippen molar-refractivity contribution >= 4 is 34.4 Å². The lowest BCUT2D eigenvalue weighted by Crippen LogP contribution is -2.21. The first-order valence-electron chi connectivity index (χ1n) is 15.1. The average molecular weight is 650 g/mol. The summed E-state index contributed by atoms with van der Waals surface area (Å²) in [6.45, 7) is 7.40. The highest BCUT2D eigenvalue weighted by Crippen LogP contribution is 2.38. The number of amides is 1. The molecule has 1 heterocycles. The van der Waals surface area contributed by atoms with Crippen LogP contribution in [0.5, 0.6) is 17.2 Å². The zero-order valence-corrected chi connectivity index (χ0v) is 27.4. The molecule has 246 valence electrons. The van der Waals surface area contributed by atoms with E-state index < -0.39 is 28.7 Å². The maximum Gasteiger partial charge on any atom is 0.315 e. The highest BCUT2D eigenvalue weighted by Gasteiger charge is 2.24. The molecular formula is C36H35N5O7. The molecule has 0 saturated carbocycles. The van der Waals surface area contributed by atoms with Gasteiger partial charge in [0, 0.05) is 22.9 Å². The third-order valence-electron chi connectivity index (χ3n) is 7.67. The number of fused-ring (bicyclic) bond motifs is 1. The fourth-order valence-electron chi connectivity index (χ4n) is 5.18. The predicted octanol–water partition coefficient (Wildman–Crippen LogP) is 6.63. The molecule has 5 rings (SSSR count). The molecule has 0 atom stereocenters. The third-order valence-corrected chi connectivity index (χ3v) is 7.67. The third kappa shape index (κ3) is 7.02. The Kier molecular flexibility index (Phi) is 9.83. The standard InChI is InChI=1S/C36H35N5O7/c1-21(2)27-18-28(23(4)15-31(27)46-5)35-39-29-10-8-7-9-26(29)36(43)40(35)37-19-24-16-30(41(44)45)34(32(17-24)47-6)48-20-33(42)38-25-13-11-22(3)12-14-25/h7-19,21H,20H2,1-6H3,(H,38,42). The van der Waals surface area contributed by atoms with Crippen LogP contribution in [0.1, 0.15) is 42.0 Å². The Bertz CT molecular complexity index is 2100. The summed E-state index contributed by atoms with van der Waals surface area (Å²) in [6, 6.07) is 20.7. The monoisotopic (exact) mass is 649 g/mol. The number of benzene rings is 4. The molecule has 0 aliphatic carbocycles. The fourth-order valence-corrected chi connectivity index (χ4v) is 5.18. The van der Waals surface area contributed by atoms with Crippen LogP contribution in [-0.4, -0.2) is 47.5 Å². The molecule has 48 heavy (non-hydrogen) atoms. The molecule has 0 aliphatic heterocycles. The number of aryl methyl sites for hydroxylation is 2. The van der Waals surface area contributed by atoms with Gasteiger partial charge in [-0.3, -0.25) is 19.7 Å². The van der Waals surface area contributed by atoms with E-state index in [1.54, 1.807) is 43.5 Å². The number of para-hydroxylation sites is 1. The van der Waals surface area contributed by atoms with Crippen LogP contribution >= 0.6 is 0 Å². The number of anilines is 1. The summed E-state index contributed by atoms with van der Waals surface area (Å²) in [5.74, 6) is 0.401. The molecular weight excluding hydrogens is 614 g/mol. The van der Waals surface area contributed by atoms with Crippen LogP contribution in [-0.2, 0) is 4.79 Å². The molecule has 1 N–H and O–H groups in total. The van der Waals surface area contributed by atoms with E-state index in [1.807, 2.05) is 52.0 Å². The number of ether oxygens (including phenoxy) is 3. The van der Waals surface area contributed by atoms with E-state index in [2.05, 4.69) is 10.4 Å². The predicted molar refractivity (Wildman–Crippen MR) is 185 cm³/mol. The summed E-state index contributed by atoms with van der Waals surface area (Å²) in [4.78, 5) is 42.7. The van der Waals surface area contributed by atoms with E-state index in [4.69, 9.17) is 19.2 Å². The van der Waals surface area contributed by atoms with Crippen molar-refractivity contribution in [1.82, 2.24) is 9.66 Å². The van der Waals surface area contributed by atoms with E-state index >= 15 is 0 Å². The van der Waals surface area contributed by atoms with Gasteiger partial charge in [0.25, 0.3) is 11.5 Å². The van der Waals surface area contributed by atoms with Crippen molar-refractivity contribution in [2.75, 3.05) is 26.1 Å². The van der Waals surface area contributed by atoms with Crippen LogP contribution in [0, 0.1) is 24.0 Å².